The molecule has 2 atom stereocenters. The van der Waals surface area contributed by atoms with Crippen molar-refractivity contribution in [3.05, 3.63) is 0 Å². The van der Waals surface area contributed by atoms with Gasteiger partial charge in [-0.15, -0.1) is 12.3 Å². The monoisotopic (exact) mass is 193 g/mol. The van der Waals surface area contributed by atoms with Gasteiger partial charge in [0, 0.05) is 19.0 Å². The van der Waals surface area contributed by atoms with E-state index in [-0.39, 0.29) is 0 Å². The molecule has 2 saturated heterocycles. The molecule has 0 aromatic rings. The number of nitrogens with zero attached hydrogens (tertiary/aromatic N) is 1. The third-order valence-electron chi connectivity index (χ3n) is 3.75. The Kier molecular flexibility index (Phi) is 2.80. The number of fused-ring (bicyclic) bond motifs is 1. The lowest BCUT2D eigenvalue weighted by molar-refractivity contribution is 0.00450. The highest BCUT2D eigenvalue weighted by Gasteiger charge is 2.47. The Labute approximate surface area is 86.3 Å². The quantitative estimate of drug-likeness (QED) is 0.541. The fourth-order valence-electron chi connectivity index (χ4n) is 2.99. The van der Waals surface area contributed by atoms with E-state index in [1.54, 1.807) is 0 Å². The SMILES string of the molecule is C#CCCCC1(O)CCN2CCCC21. The van der Waals surface area contributed by atoms with E-state index in [4.69, 9.17) is 6.42 Å². The molecule has 0 bridgehead atoms. The predicted molar refractivity (Wildman–Crippen MR) is 56.8 cm³/mol. The fraction of sp³-hybridized carbons (Fsp3) is 0.833. The standard InChI is InChI=1S/C12H19NO/c1-2-3-4-7-12(14)8-10-13-9-5-6-11(12)13/h1,11,14H,3-10H2. The second-order valence-corrected chi connectivity index (χ2v) is 4.61. The minimum atomic E-state index is -0.423. The molecule has 0 radical (unpaired) electrons. The summed E-state index contributed by atoms with van der Waals surface area (Å²) < 4.78 is 0. The average molecular weight is 193 g/mol. The summed E-state index contributed by atoms with van der Waals surface area (Å²) in [5, 5.41) is 10.5. The second kappa shape index (κ2) is 3.92. The van der Waals surface area contributed by atoms with Crippen molar-refractivity contribution < 1.29 is 5.11 Å². The van der Waals surface area contributed by atoms with E-state index in [0.29, 0.717) is 6.04 Å². The first-order valence-corrected chi connectivity index (χ1v) is 5.66. The highest BCUT2D eigenvalue weighted by atomic mass is 16.3. The van der Waals surface area contributed by atoms with Gasteiger partial charge in [-0.1, -0.05) is 0 Å². The van der Waals surface area contributed by atoms with Gasteiger partial charge in [0.2, 0.25) is 0 Å². The molecule has 0 aliphatic carbocycles. The van der Waals surface area contributed by atoms with Gasteiger partial charge < -0.3 is 5.11 Å². The summed E-state index contributed by atoms with van der Waals surface area (Å²) in [5.41, 5.74) is -0.423. The molecular formula is C12H19NO. The Bertz CT molecular complexity index is 245. The Morgan fingerprint density at radius 3 is 3.14 bits per heavy atom. The van der Waals surface area contributed by atoms with Gasteiger partial charge in [0.1, 0.15) is 0 Å². The number of hydrogen-bond donors (Lipinski definition) is 1. The largest absolute Gasteiger partial charge is 0.388 e. The van der Waals surface area contributed by atoms with Crippen molar-refractivity contribution in [1.82, 2.24) is 4.90 Å². The van der Waals surface area contributed by atoms with Gasteiger partial charge in [-0.2, -0.15) is 0 Å². The molecule has 2 heteroatoms. The molecule has 0 amide bonds. The highest BCUT2D eigenvalue weighted by Crippen LogP contribution is 2.38. The van der Waals surface area contributed by atoms with E-state index >= 15 is 0 Å². The molecule has 2 aliphatic rings. The van der Waals surface area contributed by atoms with Crippen LogP contribution < -0.4 is 0 Å². The Hall–Kier alpha value is -0.520. The maximum atomic E-state index is 10.5. The van der Waals surface area contributed by atoms with E-state index in [2.05, 4.69) is 10.8 Å². The van der Waals surface area contributed by atoms with Crippen molar-refractivity contribution in [3.63, 3.8) is 0 Å². The maximum Gasteiger partial charge on any atom is 0.0814 e. The summed E-state index contributed by atoms with van der Waals surface area (Å²) in [4.78, 5) is 2.44. The predicted octanol–water partition coefficient (Wildman–Crippen LogP) is 1.39. The lowest BCUT2D eigenvalue weighted by Gasteiger charge is -2.29. The first-order chi connectivity index (χ1) is 6.76. The van der Waals surface area contributed by atoms with Gasteiger partial charge in [0.15, 0.2) is 0 Å². The van der Waals surface area contributed by atoms with Crippen molar-refractivity contribution >= 4 is 0 Å². The van der Waals surface area contributed by atoms with Crippen molar-refractivity contribution in [2.24, 2.45) is 0 Å². The van der Waals surface area contributed by atoms with Gasteiger partial charge in [0.05, 0.1) is 5.60 Å². The molecule has 2 nitrogen and oxygen atoms in total. The van der Waals surface area contributed by atoms with Crippen molar-refractivity contribution in [3.8, 4) is 12.3 Å². The Balaban J connectivity index is 1.91. The van der Waals surface area contributed by atoms with Crippen LogP contribution in [0, 0.1) is 12.3 Å². The van der Waals surface area contributed by atoms with Gasteiger partial charge in [0.25, 0.3) is 0 Å². The van der Waals surface area contributed by atoms with Crippen molar-refractivity contribution in [1.29, 1.82) is 0 Å². The zero-order chi connectivity index (χ0) is 10.0. The van der Waals surface area contributed by atoms with Gasteiger partial charge in [-0.05, 0) is 38.6 Å². The van der Waals surface area contributed by atoms with Crippen molar-refractivity contribution in [2.45, 2.75) is 50.2 Å². The molecule has 78 valence electrons. The Morgan fingerprint density at radius 2 is 2.36 bits per heavy atom. The van der Waals surface area contributed by atoms with Crippen LogP contribution in [0.1, 0.15) is 38.5 Å². The number of rotatable bonds is 3. The fourth-order valence-corrected chi connectivity index (χ4v) is 2.99. The normalized spacial score (nSPS) is 37.0. The number of hydrogen-bond acceptors (Lipinski definition) is 2. The lowest BCUT2D eigenvalue weighted by atomic mass is 9.87. The van der Waals surface area contributed by atoms with E-state index in [9.17, 15) is 5.11 Å². The number of unbranched alkanes of at least 4 members (excludes halogenated alkanes) is 1. The maximum absolute atomic E-state index is 10.5. The lowest BCUT2D eigenvalue weighted by Crippen LogP contribution is -2.41. The molecule has 1 N–H and O–H groups in total. The summed E-state index contributed by atoms with van der Waals surface area (Å²) in [6.07, 6.45) is 11.3. The van der Waals surface area contributed by atoms with Crippen LogP contribution >= 0.6 is 0 Å². The molecule has 0 spiro atoms. The van der Waals surface area contributed by atoms with Crippen LogP contribution in [-0.4, -0.2) is 34.7 Å². The molecular weight excluding hydrogens is 174 g/mol. The summed E-state index contributed by atoms with van der Waals surface area (Å²) >= 11 is 0. The summed E-state index contributed by atoms with van der Waals surface area (Å²) in [7, 11) is 0. The molecule has 0 aromatic heterocycles. The topological polar surface area (TPSA) is 23.5 Å². The zero-order valence-corrected chi connectivity index (χ0v) is 8.71. The average Bonchev–Trinajstić information content (AvgIpc) is 2.72. The van der Waals surface area contributed by atoms with Gasteiger partial charge in [-0.25, -0.2) is 0 Å². The summed E-state index contributed by atoms with van der Waals surface area (Å²) in [6, 6.07) is 0.431. The van der Waals surface area contributed by atoms with Crippen LogP contribution in [0.25, 0.3) is 0 Å². The molecule has 0 aromatic carbocycles. The number of terminal acetylenes is 1. The summed E-state index contributed by atoms with van der Waals surface area (Å²) in [5.74, 6) is 2.64. The first kappa shape index (κ1) is 10.0. The van der Waals surface area contributed by atoms with E-state index in [0.717, 1.165) is 32.2 Å². The van der Waals surface area contributed by atoms with E-state index in [1.807, 2.05) is 0 Å². The molecule has 14 heavy (non-hydrogen) atoms. The van der Waals surface area contributed by atoms with Crippen LogP contribution in [0.5, 0.6) is 0 Å². The first-order valence-electron chi connectivity index (χ1n) is 5.66. The van der Waals surface area contributed by atoms with Crippen LogP contribution in [-0.2, 0) is 0 Å². The molecule has 2 fully saturated rings. The third-order valence-corrected chi connectivity index (χ3v) is 3.75. The van der Waals surface area contributed by atoms with E-state index < -0.39 is 5.60 Å². The minimum Gasteiger partial charge on any atom is -0.388 e. The highest BCUT2D eigenvalue weighted by molar-refractivity contribution is 5.02. The van der Waals surface area contributed by atoms with Crippen LogP contribution in [0.2, 0.25) is 0 Å². The van der Waals surface area contributed by atoms with Gasteiger partial charge >= 0.3 is 0 Å². The van der Waals surface area contributed by atoms with E-state index in [1.165, 1.54) is 19.4 Å². The van der Waals surface area contributed by atoms with Crippen LogP contribution in [0.15, 0.2) is 0 Å². The van der Waals surface area contributed by atoms with Gasteiger partial charge in [-0.3, -0.25) is 4.90 Å². The third kappa shape index (κ3) is 1.67. The molecule has 2 unspecified atom stereocenters. The van der Waals surface area contributed by atoms with Crippen LogP contribution in [0.4, 0.5) is 0 Å². The Morgan fingerprint density at radius 1 is 1.50 bits per heavy atom. The molecule has 2 rings (SSSR count). The van der Waals surface area contributed by atoms with Crippen LogP contribution in [0.3, 0.4) is 0 Å². The number of aliphatic hydroxyl groups is 1. The molecule has 0 saturated carbocycles. The molecule has 2 aliphatic heterocycles. The second-order valence-electron chi connectivity index (χ2n) is 4.61. The smallest absolute Gasteiger partial charge is 0.0814 e. The summed E-state index contributed by atoms with van der Waals surface area (Å²) in [6.45, 7) is 2.26. The van der Waals surface area contributed by atoms with Crippen molar-refractivity contribution in [2.75, 3.05) is 13.1 Å². The minimum absolute atomic E-state index is 0.423. The zero-order valence-electron chi connectivity index (χ0n) is 8.71. The molecule has 2 heterocycles.